The number of hydrogen-bond acceptors (Lipinski definition) is 3. The first-order valence-electron chi connectivity index (χ1n) is 1.28. The van der Waals surface area contributed by atoms with Gasteiger partial charge in [0.05, 0.1) is 0 Å². The average Bonchev–Trinajstić information content (AvgIpc) is 1.65. The molecule has 0 saturated carbocycles. The molecule has 43 valence electrons. The van der Waals surface area contributed by atoms with Crippen molar-refractivity contribution in [2.24, 2.45) is 11.7 Å². The van der Waals surface area contributed by atoms with Crippen molar-refractivity contribution in [3.05, 3.63) is 0 Å². The minimum Gasteiger partial charge on any atom is -0.275 e. The fraction of sp³-hybridized carbons (Fsp3) is 0. The Bertz CT molecular complexity index is 49.7. The summed E-state index contributed by atoms with van der Waals surface area (Å²) < 4.78 is 0. The maximum absolute atomic E-state index is 9.71. The summed E-state index contributed by atoms with van der Waals surface area (Å²) in [4.78, 5) is 9.71. The van der Waals surface area contributed by atoms with E-state index in [0.717, 1.165) is 0 Å². The number of carbonyl (C=O) groups excluding carboxylic acids is 1. The van der Waals surface area contributed by atoms with Crippen LogP contribution in [0.1, 0.15) is 0 Å². The molecular formula is CH6MnN4O. The van der Waals surface area contributed by atoms with Gasteiger partial charge < -0.3 is 0 Å². The van der Waals surface area contributed by atoms with Crippen LogP contribution < -0.4 is 22.5 Å². The van der Waals surface area contributed by atoms with E-state index < -0.39 is 6.03 Å². The molecule has 0 rings (SSSR count). The van der Waals surface area contributed by atoms with E-state index in [0.29, 0.717) is 0 Å². The SMILES string of the molecule is NNC(=O)NN.[Mn]. The van der Waals surface area contributed by atoms with E-state index in [1.165, 1.54) is 0 Å². The summed E-state index contributed by atoms with van der Waals surface area (Å²) in [6.07, 6.45) is 0. The molecule has 0 aliphatic rings. The number of hydrazine groups is 2. The summed E-state index contributed by atoms with van der Waals surface area (Å²) in [6.45, 7) is 0. The van der Waals surface area contributed by atoms with Gasteiger partial charge in [0.1, 0.15) is 0 Å². The van der Waals surface area contributed by atoms with E-state index >= 15 is 0 Å². The summed E-state index contributed by atoms with van der Waals surface area (Å²) in [7, 11) is 0. The zero-order valence-electron chi connectivity index (χ0n) is 3.44. The molecule has 0 aromatic heterocycles. The molecule has 1 radical (unpaired) electrons. The number of urea groups is 1. The molecule has 5 nitrogen and oxygen atoms in total. The van der Waals surface area contributed by atoms with Gasteiger partial charge in [0, 0.05) is 17.1 Å². The minimum atomic E-state index is -0.602. The molecule has 2 amide bonds. The third-order valence-corrected chi connectivity index (χ3v) is 0.262. The quantitative estimate of drug-likeness (QED) is 0.138. The second-order valence-corrected chi connectivity index (χ2v) is 0.618. The van der Waals surface area contributed by atoms with Crippen molar-refractivity contribution in [2.45, 2.75) is 0 Å². The first kappa shape index (κ1) is 9.86. The molecule has 0 aliphatic heterocycles. The fourth-order valence-corrected chi connectivity index (χ4v) is 0.0417. The number of nitrogens with one attached hydrogen (secondary N) is 2. The van der Waals surface area contributed by atoms with Gasteiger partial charge in [0.25, 0.3) is 0 Å². The standard InChI is InChI=1S/CH6N4O.Mn/c2-4-1(6)5-3;/h2-3H2,(H2,4,5,6);. The van der Waals surface area contributed by atoms with Crippen LogP contribution in [0.4, 0.5) is 4.79 Å². The predicted molar refractivity (Wildman–Crippen MR) is 20.0 cm³/mol. The maximum atomic E-state index is 9.71. The van der Waals surface area contributed by atoms with Gasteiger partial charge >= 0.3 is 6.03 Å². The molecule has 0 spiro atoms. The molecule has 0 aromatic rings. The van der Waals surface area contributed by atoms with Gasteiger partial charge in [-0.2, -0.15) is 0 Å². The first-order valence-corrected chi connectivity index (χ1v) is 1.28. The van der Waals surface area contributed by atoms with E-state index in [1.807, 2.05) is 0 Å². The number of hydrogen-bond donors (Lipinski definition) is 4. The van der Waals surface area contributed by atoms with Gasteiger partial charge in [-0.15, -0.1) is 0 Å². The Morgan fingerprint density at radius 3 is 1.57 bits per heavy atom. The molecule has 0 unspecified atom stereocenters. The van der Waals surface area contributed by atoms with Crippen molar-refractivity contribution in [2.75, 3.05) is 0 Å². The van der Waals surface area contributed by atoms with Crippen molar-refractivity contribution >= 4 is 6.03 Å². The van der Waals surface area contributed by atoms with Gasteiger partial charge in [-0.3, -0.25) is 10.9 Å². The number of amides is 2. The fourth-order valence-electron chi connectivity index (χ4n) is 0.0417. The zero-order valence-corrected chi connectivity index (χ0v) is 4.62. The van der Waals surface area contributed by atoms with Crippen LogP contribution >= 0.6 is 0 Å². The summed E-state index contributed by atoms with van der Waals surface area (Å²) in [6, 6.07) is -0.602. The van der Waals surface area contributed by atoms with Crippen LogP contribution in [0.25, 0.3) is 0 Å². The third-order valence-electron chi connectivity index (χ3n) is 0.262. The number of rotatable bonds is 0. The Kier molecular flexibility index (Phi) is 8.04. The molecule has 7 heavy (non-hydrogen) atoms. The van der Waals surface area contributed by atoms with Crippen molar-refractivity contribution in [1.82, 2.24) is 10.9 Å². The van der Waals surface area contributed by atoms with Crippen molar-refractivity contribution in [1.29, 1.82) is 0 Å². The monoisotopic (exact) mass is 145 g/mol. The Morgan fingerprint density at radius 2 is 1.57 bits per heavy atom. The van der Waals surface area contributed by atoms with E-state index in [1.54, 1.807) is 10.9 Å². The van der Waals surface area contributed by atoms with Gasteiger partial charge in [0.15, 0.2) is 0 Å². The average molecular weight is 145 g/mol. The molecule has 0 fully saturated rings. The number of carbonyl (C=O) groups is 1. The second-order valence-electron chi connectivity index (χ2n) is 0.618. The second kappa shape index (κ2) is 5.71. The summed E-state index contributed by atoms with van der Waals surface area (Å²) >= 11 is 0. The van der Waals surface area contributed by atoms with Gasteiger partial charge in [-0.1, -0.05) is 0 Å². The van der Waals surface area contributed by atoms with Crippen LogP contribution in [-0.4, -0.2) is 6.03 Å². The van der Waals surface area contributed by atoms with E-state index in [9.17, 15) is 4.79 Å². The molecule has 0 aromatic carbocycles. The molecular weight excluding hydrogens is 139 g/mol. The van der Waals surface area contributed by atoms with Crippen LogP contribution in [0, 0.1) is 0 Å². The zero-order chi connectivity index (χ0) is 4.99. The number of nitrogens with two attached hydrogens (primary N) is 2. The molecule has 6 N–H and O–H groups in total. The van der Waals surface area contributed by atoms with Gasteiger partial charge in [-0.05, 0) is 0 Å². The van der Waals surface area contributed by atoms with Gasteiger partial charge in [0.2, 0.25) is 0 Å². The molecule has 0 saturated heterocycles. The normalized spacial score (nSPS) is 6.00. The Balaban J connectivity index is 0. The third kappa shape index (κ3) is 5.71. The predicted octanol–water partition coefficient (Wildman–Crippen LogP) is -1.97. The Labute approximate surface area is 51.2 Å². The van der Waals surface area contributed by atoms with Crippen LogP contribution in [0.15, 0.2) is 0 Å². The van der Waals surface area contributed by atoms with Crippen LogP contribution in [0.3, 0.4) is 0 Å². The molecule has 0 bridgehead atoms. The Morgan fingerprint density at radius 1 is 1.29 bits per heavy atom. The van der Waals surface area contributed by atoms with E-state index in [4.69, 9.17) is 0 Å². The molecule has 0 atom stereocenters. The Hall–Kier alpha value is -0.291. The van der Waals surface area contributed by atoms with Crippen molar-refractivity contribution in [3.8, 4) is 0 Å². The van der Waals surface area contributed by atoms with Gasteiger partial charge in [-0.25, -0.2) is 16.5 Å². The van der Waals surface area contributed by atoms with Crippen LogP contribution in [-0.2, 0) is 17.1 Å². The maximum Gasteiger partial charge on any atom is 0.343 e. The topological polar surface area (TPSA) is 93.2 Å². The smallest absolute Gasteiger partial charge is 0.275 e. The summed E-state index contributed by atoms with van der Waals surface area (Å²) in [5.74, 6) is 9.08. The van der Waals surface area contributed by atoms with E-state index in [2.05, 4.69) is 11.7 Å². The van der Waals surface area contributed by atoms with Crippen LogP contribution in [0.5, 0.6) is 0 Å². The van der Waals surface area contributed by atoms with Crippen LogP contribution in [0.2, 0.25) is 0 Å². The largest absolute Gasteiger partial charge is 0.343 e. The molecule has 0 aliphatic carbocycles. The molecule has 6 heteroatoms. The molecule has 0 heterocycles. The van der Waals surface area contributed by atoms with Crippen molar-refractivity contribution < 1.29 is 21.9 Å². The minimum absolute atomic E-state index is 0. The first-order chi connectivity index (χ1) is 2.81. The summed E-state index contributed by atoms with van der Waals surface area (Å²) in [5.41, 5.74) is 3.48. The van der Waals surface area contributed by atoms with Crippen molar-refractivity contribution in [3.63, 3.8) is 0 Å². The summed E-state index contributed by atoms with van der Waals surface area (Å²) in [5, 5.41) is 0. The van der Waals surface area contributed by atoms with E-state index in [-0.39, 0.29) is 17.1 Å².